The zero-order chi connectivity index (χ0) is 12.3. The van der Waals surface area contributed by atoms with Crippen LogP contribution in [0, 0.1) is 0 Å². The van der Waals surface area contributed by atoms with Crippen LogP contribution in [0.2, 0.25) is 10.0 Å². The van der Waals surface area contributed by atoms with Gasteiger partial charge >= 0.3 is 0 Å². The number of halogens is 2. The summed E-state index contributed by atoms with van der Waals surface area (Å²) >= 11 is 12.1. The summed E-state index contributed by atoms with van der Waals surface area (Å²) in [4.78, 5) is 4.12. The van der Waals surface area contributed by atoms with E-state index in [1.807, 2.05) is 37.5 Å². The van der Waals surface area contributed by atoms with E-state index < -0.39 is 0 Å². The Morgan fingerprint density at radius 2 is 2.06 bits per heavy atom. The number of rotatable bonds is 3. The normalized spacial score (nSPS) is 12.4. The van der Waals surface area contributed by atoms with Gasteiger partial charge in [-0.05, 0) is 36.4 Å². The van der Waals surface area contributed by atoms with Crippen molar-refractivity contribution in [3.05, 3.63) is 63.9 Å². The van der Waals surface area contributed by atoms with Crippen LogP contribution in [-0.4, -0.2) is 12.0 Å². The molecule has 0 saturated carbocycles. The number of pyridine rings is 1. The molecule has 88 valence electrons. The summed E-state index contributed by atoms with van der Waals surface area (Å²) in [5.74, 6) is 0. The molecule has 0 bridgehead atoms. The number of hydrogen-bond donors (Lipinski definition) is 1. The molecule has 1 aromatic heterocycles. The second-order valence-corrected chi connectivity index (χ2v) is 4.52. The van der Waals surface area contributed by atoms with E-state index in [1.54, 1.807) is 12.3 Å². The quantitative estimate of drug-likeness (QED) is 0.917. The van der Waals surface area contributed by atoms with Gasteiger partial charge in [0, 0.05) is 22.4 Å². The van der Waals surface area contributed by atoms with Gasteiger partial charge in [-0.1, -0.05) is 35.3 Å². The van der Waals surface area contributed by atoms with Crippen molar-refractivity contribution in [3.8, 4) is 0 Å². The Kier molecular flexibility index (Phi) is 4.00. The Balaban J connectivity index is 2.42. The van der Waals surface area contributed by atoms with Crippen LogP contribution in [0.5, 0.6) is 0 Å². The van der Waals surface area contributed by atoms with E-state index in [0.29, 0.717) is 10.0 Å². The van der Waals surface area contributed by atoms with Crippen molar-refractivity contribution in [3.63, 3.8) is 0 Å². The van der Waals surface area contributed by atoms with Gasteiger partial charge in [-0.15, -0.1) is 0 Å². The lowest BCUT2D eigenvalue weighted by Gasteiger charge is -2.18. The summed E-state index contributed by atoms with van der Waals surface area (Å²) < 4.78 is 0. The van der Waals surface area contributed by atoms with Gasteiger partial charge in [-0.3, -0.25) is 4.98 Å². The minimum atomic E-state index is 0.0217. The Labute approximate surface area is 111 Å². The molecule has 0 radical (unpaired) electrons. The van der Waals surface area contributed by atoms with E-state index in [1.165, 1.54) is 0 Å². The molecule has 0 fully saturated rings. The molecular formula is C13H12Cl2N2. The third-order valence-corrected chi connectivity index (χ3v) is 3.14. The van der Waals surface area contributed by atoms with E-state index in [4.69, 9.17) is 23.2 Å². The summed E-state index contributed by atoms with van der Waals surface area (Å²) in [5, 5.41) is 4.52. The zero-order valence-corrected chi connectivity index (χ0v) is 10.8. The third-order valence-electron chi connectivity index (χ3n) is 2.58. The van der Waals surface area contributed by atoms with Crippen LogP contribution in [0.3, 0.4) is 0 Å². The van der Waals surface area contributed by atoms with Gasteiger partial charge in [0.05, 0.1) is 6.04 Å². The summed E-state index contributed by atoms with van der Waals surface area (Å²) in [5.41, 5.74) is 2.06. The van der Waals surface area contributed by atoms with Crippen molar-refractivity contribution >= 4 is 23.2 Å². The Hall–Kier alpha value is -1.09. The van der Waals surface area contributed by atoms with Crippen LogP contribution < -0.4 is 5.32 Å². The van der Waals surface area contributed by atoms with Crippen molar-refractivity contribution in [1.29, 1.82) is 0 Å². The Morgan fingerprint density at radius 1 is 1.24 bits per heavy atom. The number of aromatic nitrogens is 1. The van der Waals surface area contributed by atoms with Gasteiger partial charge in [0.2, 0.25) is 0 Å². The minimum absolute atomic E-state index is 0.0217. The van der Waals surface area contributed by atoms with Crippen molar-refractivity contribution in [1.82, 2.24) is 10.3 Å². The lowest BCUT2D eigenvalue weighted by molar-refractivity contribution is 0.689. The third kappa shape index (κ3) is 2.78. The second-order valence-electron chi connectivity index (χ2n) is 3.67. The van der Waals surface area contributed by atoms with Gasteiger partial charge in [0.15, 0.2) is 0 Å². The first-order chi connectivity index (χ1) is 8.22. The van der Waals surface area contributed by atoms with E-state index in [0.717, 1.165) is 11.1 Å². The summed E-state index contributed by atoms with van der Waals surface area (Å²) in [6.07, 6.45) is 3.58. The number of nitrogens with one attached hydrogen (secondary N) is 1. The molecule has 1 N–H and O–H groups in total. The lowest BCUT2D eigenvalue weighted by atomic mass is 10.0. The van der Waals surface area contributed by atoms with Crippen molar-refractivity contribution in [2.24, 2.45) is 0 Å². The van der Waals surface area contributed by atoms with Crippen LogP contribution in [0.25, 0.3) is 0 Å². The first kappa shape index (κ1) is 12.4. The fraction of sp³-hybridized carbons (Fsp3) is 0.154. The van der Waals surface area contributed by atoms with Crippen molar-refractivity contribution in [2.75, 3.05) is 7.05 Å². The molecule has 1 aromatic carbocycles. The molecule has 0 saturated heterocycles. The summed E-state index contributed by atoms with van der Waals surface area (Å²) in [6.45, 7) is 0. The van der Waals surface area contributed by atoms with Gasteiger partial charge in [0.1, 0.15) is 0 Å². The van der Waals surface area contributed by atoms with Crippen molar-refractivity contribution in [2.45, 2.75) is 6.04 Å². The topological polar surface area (TPSA) is 24.9 Å². The van der Waals surface area contributed by atoms with Crippen LogP contribution in [-0.2, 0) is 0 Å². The van der Waals surface area contributed by atoms with Crippen LogP contribution in [0.15, 0.2) is 42.7 Å². The standard InChI is InChI=1S/C13H12Cl2N2/c1-16-13(9-3-2-6-17-8-9)11-5-4-10(14)7-12(11)15/h2-8,13,16H,1H3/t13-/m0/s1. The van der Waals surface area contributed by atoms with Gasteiger partial charge in [0.25, 0.3) is 0 Å². The highest BCUT2D eigenvalue weighted by Gasteiger charge is 2.15. The Morgan fingerprint density at radius 3 is 2.65 bits per heavy atom. The molecule has 2 aromatic rings. The molecule has 0 amide bonds. The maximum Gasteiger partial charge on any atom is 0.0604 e. The van der Waals surface area contributed by atoms with E-state index in [2.05, 4.69) is 10.3 Å². The molecule has 0 aliphatic rings. The molecule has 0 aliphatic carbocycles. The molecule has 4 heteroatoms. The fourth-order valence-electron chi connectivity index (χ4n) is 1.78. The van der Waals surface area contributed by atoms with Crippen LogP contribution >= 0.6 is 23.2 Å². The monoisotopic (exact) mass is 266 g/mol. The highest BCUT2D eigenvalue weighted by atomic mass is 35.5. The predicted octanol–water partition coefficient (Wildman–Crippen LogP) is 3.70. The van der Waals surface area contributed by atoms with E-state index in [-0.39, 0.29) is 6.04 Å². The highest BCUT2D eigenvalue weighted by Crippen LogP contribution is 2.29. The highest BCUT2D eigenvalue weighted by molar-refractivity contribution is 6.35. The maximum absolute atomic E-state index is 6.21. The molecule has 2 nitrogen and oxygen atoms in total. The minimum Gasteiger partial charge on any atom is -0.309 e. The van der Waals surface area contributed by atoms with Gasteiger partial charge < -0.3 is 5.32 Å². The van der Waals surface area contributed by atoms with Gasteiger partial charge in [-0.2, -0.15) is 0 Å². The molecule has 0 aliphatic heterocycles. The maximum atomic E-state index is 6.21. The largest absolute Gasteiger partial charge is 0.309 e. The van der Waals surface area contributed by atoms with E-state index >= 15 is 0 Å². The predicted molar refractivity (Wildman–Crippen MR) is 71.6 cm³/mol. The smallest absolute Gasteiger partial charge is 0.0604 e. The number of nitrogens with zero attached hydrogens (tertiary/aromatic N) is 1. The SMILES string of the molecule is CN[C@@H](c1cccnc1)c1ccc(Cl)cc1Cl. The second kappa shape index (κ2) is 5.50. The van der Waals surface area contributed by atoms with Crippen molar-refractivity contribution < 1.29 is 0 Å². The fourth-order valence-corrected chi connectivity index (χ4v) is 2.30. The lowest BCUT2D eigenvalue weighted by Crippen LogP contribution is -2.18. The first-order valence-electron chi connectivity index (χ1n) is 5.24. The zero-order valence-electron chi connectivity index (χ0n) is 9.32. The molecule has 0 unspecified atom stereocenters. The number of benzene rings is 1. The number of hydrogen-bond acceptors (Lipinski definition) is 2. The Bertz CT molecular complexity index is 500. The molecular weight excluding hydrogens is 255 g/mol. The average Bonchev–Trinajstić information content (AvgIpc) is 2.34. The average molecular weight is 267 g/mol. The summed E-state index contributed by atoms with van der Waals surface area (Å²) in [6, 6.07) is 9.46. The molecule has 0 spiro atoms. The molecule has 17 heavy (non-hydrogen) atoms. The molecule has 1 atom stereocenters. The van der Waals surface area contributed by atoms with Gasteiger partial charge in [-0.25, -0.2) is 0 Å². The molecule has 1 heterocycles. The summed E-state index contributed by atoms with van der Waals surface area (Å²) in [7, 11) is 1.89. The van der Waals surface area contributed by atoms with Crippen LogP contribution in [0.1, 0.15) is 17.2 Å². The van der Waals surface area contributed by atoms with Crippen LogP contribution in [0.4, 0.5) is 0 Å². The van der Waals surface area contributed by atoms with E-state index in [9.17, 15) is 0 Å². The molecule has 2 rings (SSSR count). The first-order valence-corrected chi connectivity index (χ1v) is 6.00.